The van der Waals surface area contributed by atoms with Crippen molar-refractivity contribution in [3.8, 4) is 0 Å². The zero-order valence-electron chi connectivity index (χ0n) is 8.26. The first-order chi connectivity index (χ1) is 6.95. The molecule has 0 spiro atoms. The minimum absolute atomic E-state index is 0.0347. The molecule has 0 saturated carbocycles. The van der Waals surface area contributed by atoms with Crippen molar-refractivity contribution in [2.75, 3.05) is 13.2 Å². The van der Waals surface area contributed by atoms with Crippen LogP contribution in [0.5, 0.6) is 0 Å². The molecule has 0 unspecified atom stereocenters. The lowest BCUT2D eigenvalue weighted by Crippen LogP contribution is -2.13. The molecule has 15 heavy (non-hydrogen) atoms. The van der Waals surface area contributed by atoms with Crippen LogP contribution in [0.4, 0.5) is 13.2 Å². The zero-order chi connectivity index (χ0) is 11.7. The Kier molecular flexibility index (Phi) is 6.85. The predicted molar refractivity (Wildman–Crippen MR) is 48.8 cm³/mol. The molecule has 0 saturated heterocycles. The maximum absolute atomic E-state index is 11.7. The third-order valence-electron chi connectivity index (χ3n) is 1.60. The molecule has 0 aliphatic rings. The molecule has 0 aliphatic heterocycles. The Balaban J connectivity index is 3.19. The van der Waals surface area contributed by atoms with Gasteiger partial charge < -0.3 is 15.7 Å². The van der Waals surface area contributed by atoms with Gasteiger partial charge in [-0.25, -0.2) is 0 Å². The molecule has 0 amide bonds. The van der Waals surface area contributed by atoms with E-state index in [0.717, 1.165) is 0 Å². The van der Waals surface area contributed by atoms with E-state index in [9.17, 15) is 13.2 Å². The molecule has 0 aromatic heterocycles. The number of hydrogen-bond donors (Lipinski definition) is 2. The molecule has 0 heterocycles. The zero-order valence-corrected chi connectivity index (χ0v) is 8.26. The number of halogens is 3. The highest BCUT2D eigenvalue weighted by atomic mass is 19.4. The summed E-state index contributed by atoms with van der Waals surface area (Å²) in [7, 11) is 0. The van der Waals surface area contributed by atoms with Gasteiger partial charge in [0.05, 0.1) is 0 Å². The molecule has 0 aliphatic carbocycles. The summed E-state index contributed by atoms with van der Waals surface area (Å²) in [6.07, 6.45) is -4.07. The van der Waals surface area contributed by atoms with E-state index in [0.29, 0.717) is 19.4 Å². The molecule has 0 aromatic rings. The second-order valence-electron chi connectivity index (χ2n) is 3.03. The lowest BCUT2D eigenvalue weighted by Gasteiger charge is -2.06. The van der Waals surface area contributed by atoms with Crippen molar-refractivity contribution in [2.24, 2.45) is 10.9 Å². The van der Waals surface area contributed by atoms with Crippen LogP contribution in [-0.4, -0.2) is 30.4 Å². The maximum Gasteiger partial charge on any atom is 0.389 e. The van der Waals surface area contributed by atoms with Crippen molar-refractivity contribution in [1.82, 2.24) is 0 Å². The summed E-state index contributed by atoms with van der Waals surface area (Å²) in [5.74, 6) is 0.0916. The van der Waals surface area contributed by atoms with E-state index < -0.39 is 12.6 Å². The van der Waals surface area contributed by atoms with Gasteiger partial charge in [0.2, 0.25) is 0 Å². The van der Waals surface area contributed by atoms with Crippen LogP contribution in [-0.2, 0) is 4.74 Å². The van der Waals surface area contributed by atoms with Crippen molar-refractivity contribution in [1.29, 1.82) is 0 Å². The topological polar surface area (TPSA) is 67.8 Å². The highest BCUT2D eigenvalue weighted by Gasteiger charge is 2.25. The van der Waals surface area contributed by atoms with E-state index in [2.05, 4.69) is 5.16 Å². The van der Waals surface area contributed by atoms with E-state index in [4.69, 9.17) is 15.7 Å². The van der Waals surface area contributed by atoms with E-state index in [1.807, 2.05) is 0 Å². The monoisotopic (exact) mass is 228 g/mol. The van der Waals surface area contributed by atoms with E-state index in [-0.39, 0.29) is 18.9 Å². The summed E-state index contributed by atoms with van der Waals surface area (Å²) in [6.45, 7) is 0.393. The molecule has 4 nitrogen and oxygen atoms in total. The first-order valence-corrected chi connectivity index (χ1v) is 4.56. The molecule has 3 N–H and O–H groups in total. The number of nitrogens with two attached hydrogens (primary N) is 1. The van der Waals surface area contributed by atoms with E-state index in [1.54, 1.807) is 0 Å². The number of alkyl halides is 3. The minimum atomic E-state index is -4.11. The third kappa shape index (κ3) is 10.9. The first kappa shape index (κ1) is 14.0. The Bertz CT molecular complexity index is 195. The molecule has 0 aromatic carbocycles. The second-order valence-corrected chi connectivity index (χ2v) is 3.03. The van der Waals surface area contributed by atoms with Gasteiger partial charge in [-0.3, -0.25) is 0 Å². The minimum Gasteiger partial charge on any atom is -0.409 e. The Hall–Kier alpha value is -0.980. The SMILES string of the molecule is NC(CCCOCCCC(F)(F)F)=NO. The van der Waals surface area contributed by atoms with E-state index in [1.165, 1.54) is 0 Å². The Morgan fingerprint density at radius 2 is 1.87 bits per heavy atom. The smallest absolute Gasteiger partial charge is 0.389 e. The van der Waals surface area contributed by atoms with Crippen molar-refractivity contribution < 1.29 is 23.1 Å². The van der Waals surface area contributed by atoms with Crippen LogP contribution in [0, 0.1) is 0 Å². The molecular weight excluding hydrogens is 213 g/mol. The summed E-state index contributed by atoms with van der Waals surface area (Å²) >= 11 is 0. The van der Waals surface area contributed by atoms with Crippen molar-refractivity contribution in [3.63, 3.8) is 0 Å². The summed E-state index contributed by atoms with van der Waals surface area (Å²) in [5, 5.41) is 10.9. The van der Waals surface area contributed by atoms with Crippen LogP contribution in [0.2, 0.25) is 0 Å². The van der Waals surface area contributed by atoms with Gasteiger partial charge in [0.15, 0.2) is 0 Å². The lowest BCUT2D eigenvalue weighted by atomic mass is 10.3. The fraction of sp³-hybridized carbons (Fsp3) is 0.875. The van der Waals surface area contributed by atoms with Crippen LogP contribution >= 0.6 is 0 Å². The average Bonchev–Trinajstić information content (AvgIpc) is 2.14. The van der Waals surface area contributed by atoms with E-state index >= 15 is 0 Å². The molecule has 90 valence electrons. The molecular formula is C8H15F3N2O2. The molecule has 7 heteroatoms. The summed E-state index contributed by atoms with van der Waals surface area (Å²) in [5.41, 5.74) is 5.17. The third-order valence-corrected chi connectivity index (χ3v) is 1.60. The Morgan fingerprint density at radius 1 is 1.27 bits per heavy atom. The number of amidine groups is 1. The Morgan fingerprint density at radius 3 is 2.40 bits per heavy atom. The average molecular weight is 228 g/mol. The van der Waals surface area contributed by atoms with Gasteiger partial charge in [0, 0.05) is 26.1 Å². The number of nitrogens with zero attached hydrogens (tertiary/aromatic N) is 1. The van der Waals surface area contributed by atoms with Gasteiger partial charge in [-0.05, 0) is 12.8 Å². The quantitative estimate of drug-likeness (QED) is 0.230. The number of rotatable bonds is 7. The normalized spacial score (nSPS) is 13.1. The predicted octanol–water partition coefficient (Wildman–Crippen LogP) is 1.87. The molecule has 0 bridgehead atoms. The summed E-state index contributed by atoms with van der Waals surface area (Å²) < 4.78 is 39.9. The van der Waals surface area contributed by atoms with Crippen LogP contribution in [0.15, 0.2) is 5.16 Å². The highest BCUT2D eigenvalue weighted by Crippen LogP contribution is 2.20. The van der Waals surface area contributed by atoms with Gasteiger partial charge in [-0.2, -0.15) is 13.2 Å². The maximum atomic E-state index is 11.7. The summed E-state index contributed by atoms with van der Waals surface area (Å²) in [4.78, 5) is 0. The second kappa shape index (κ2) is 7.33. The molecule has 0 fully saturated rings. The van der Waals surface area contributed by atoms with Crippen LogP contribution in [0.1, 0.15) is 25.7 Å². The van der Waals surface area contributed by atoms with Crippen LogP contribution < -0.4 is 5.73 Å². The van der Waals surface area contributed by atoms with Crippen molar-refractivity contribution in [3.05, 3.63) is 0 Å². The largest absolute Gasteiger partial charge is 0.409 e. The number of ether oxygens (including phenoxy) is 1. The first-order valence-electron chi connectivity index (χ1n) is 4.56. The van der Waals surface area contributed by atoms with Gasteiger partial charge >= 0.3 is 6.18 Å². The van der Waals surface area contributed by atoms with Gasteiger partial charge in [0.25, 0.3) is 0 Å². The number of hydrogen-bond acceptors (Lipinski definition) is 3. The lowest BCUT2D eigenvalue weighted by molar-refractivity contribution is -0.137. The van der Waals surface area contributed by atoms with Gasteiger partial charge in [-0.1, -0.05) is 5.16 Å². The molecule has 0 rings (SSSR count). The molecule has 0 radical (unpaired) electrons. The van der Waals surface area contributed by atoms with Gasteiger partial charge in [-0.15, -0.1) is 0 Å². The standard InChI is InChI=1S/C8H15F3N2O2/c9-8(10,11)4-2-6-15-5-1-3-7(12)13-14/h14H,1-6H2,(H2,12,13). The van der Waals surface area contributed by atoms with Crippen molar-refractivity contribution in [2.45, 2.75) is 31.9 Å². The molecule has 0 atom stereocenters. The van der Waals surface area contributed by atoms with Crippen molar-refractivity contribution >= 4 is 5.84 Å². The highest BCUT2D eigenvalue weighted by molar-refractivity contribution is 5.79. The van der Waals surface area contributed by atoms with Crippen LogP contribution in [0.3, 0.4) is 0 Å². The van der Waals surface area contributed by atoms with Crippen LogP contribution in [0.25, 0.3) is 0 Å². The fourth-order valence-electron chi connectivity index (χ4n) is 0.882. The number of oxime groups is 1. The Labute approximate surface area is 85.9 Å². The fourth-order valence-corrected chi connectivity index (χ4v) is 0.882. The summed E-state index contributed by atoms with van der Waals surface area (Å²) in [6, 6.07) is 0. The van der Waals surface area contributed by atoms with Gasteiger partial charge in [0.1, 0.15) is 5.84 Å².